The van der Waals surface area contributed by atoms with E-state index in [0.717, 1.165) is 21.2 Å². The number of carbonyl (C=O) groups excluding carboxylic acids is 1. The Morgan fingerprint density at radius 2 is 1.76 bits per heavy atom. The SMILES string of the molecule is COC(=O)[C@]1(Cc2ccccc2Br)N=C(c2ccc(OCCCO)cc2)O[C@@H]1c1ccccc1. The minimum Gasteiger partial charge on any atom is -0.494 e. The molecule has 0 aliphatic carbocycles. The van der Waals surface area contributed by atoms with Crippen LogP contribution in [0.4, 0.5) is 0 Å². The van der Waals surface area contributed by atoms with Crippen molar-refractivity contribution < 1.29 is 24.1 Å². The number of esters is 1. The van der Waals surface area contributed by atoms with E-state index in [9.17, 15) is 4.79 Å². The van der Waals surface area contributed by atoms with Gasteiger partial charge in [0.05, 0.1) is 13.7 Å². The Labute approximate surface area is 207 Å². The monoisotopic (exact) mass is 523 g/mol. The third-order valence-corrected chi connectivity index (χ3v) is 6.47. The number of methoxy groups -OCH3 is 1. The van der Waals surface area contributed by atoms with Crippen LogP contribution >= 0.6 is 15.9 Å². The molecule has 6 nitrogen and oxygen atoms in total. The fourth-order valence-electron chi connectivity index (χ4n) is 3.99. The van der Waals surface area contributed by atoms with Crippen LogP contribution in [0.3, 0.4) is 0 Å². The summed E-state index contributed by atoms with van der Waals surface area (Å²) < 4.78 is 18.2. The molecule has 1 aliphatic rings. The smallest absolute Gasteiger partial charge is 0.338 e. The second kappa shape index (κ2) is 10.8. The van der Waals surface area contributed by atoms with Crippen molar-refractivity contribution in [2.24, 2.45) is 4.99 Å². The van der Waals surface area contributed by atoms with E-state index in [0.29, 0.717) is 31.1 Å². The second-order valence-electron chi connectivity index (χ2n) is 7.96. The lowest BCUT2D eigenvalue weighted by Gasteiger charge is -2.29. The molecule has 0 saturated heterocycles. The van der Waals surface area contributed by atoms with Crippen LogP contribution in [0, 0.1) is 0 Å². The van der Waals surface area contributed by atoms with Crippen LogP contribution in [0.2, 0.25) is 0 Å². The molecule has 1 aliphatic heterocycles. The fourth-order valence-corrected chi connectivity index (χ4v) is 4.42. The van der Waals surface area contributed by atoms with Gasteiger partial charge in [-0.05, 0) is 41.5 Å². The number of aliphatic hydroxyl groups is 1. The molecule has 2 atom stereocenters. The van der Waals surface area contributed by atoms with Crippen LogP contribution in [0.5, 0.6) is 5.75 Å². The van der Waals surface area contributed by atoms with E-state index < -0.39 is 17.6 Å². The third-order valence-electron chi connectivity index (χ3n) is 5.70. The summed E-state index contributed by atoms with van der Waals surface area (Å²) in [6.07, 6.45) is 0.197. The molecule has 3 aromatic carbocycles. The summed E-state index contributed by atoms with van der Waals surface area (Å²) in [6.45, 7) is 0.511. The van der Waals surface area contributed by atoms with E-state index in [1.807, 2.05) is 78.9 Å². The van der Waals surface area contributed by atoms with Gasteiger partial charge in [0.2, 0.25) is 11.4 Å². The largest absolute Gasteiger partial charge is 0.494 e. The Kier molecular flexibility index (Phi) is 7.65. The summed E-state index contributed by atoms with van der Waals surface area (Å²) in [5, 5.41) is 8.93. The Bertz CT molecular complexity index is 1150. The molecule has 0 amide bonds. The Morgan fingerprint density at radius 3 is 2.44 bits per heavy atom. The second-order valence-corrected chi connectivity index (χ2v) is 8.81. The summed E-state index contributed by atoms with van der Waals surface area (Å²) in [6, 6.07) is 24.7. The molecule has 0 spiro atoms. The standard InChI is InChI=1S/C27H26BrNO5/c1-32-26(31)27(18-21-10-5-6-11-23(21)28)24(19-8-3-2-4-9-19)34-25(29-27)20-12-14-22(15-13-20)33-17-7-16-30/h2-6,8-15,24,30H,7,16-18H2,1H3/t24-,27-/m1/s1. The van der Waals surface area contributed by atoms with Gasteiger partial charge in [0.25, 0.3) is 0 Å². The first-order valence-corrected chi connectivity index (χ1v) is 11.8. The van der Waals surface area contributed by atoms with Crippen molar-refractivity contribution in [3.63, 3.8) is 0 Å². The lowest BCUT2D eigenvalue weighted by atomic mass is 9.83. The lowest BCUT2D eigenvalue weighted by Crippen LogP contribution is -2.44. The highest BCUT2D eigenvalue weighted by atomic mass is 79.9. The Hall–Kier alpha value is -3.16. The molecule has 3 aromatic rings. The summed E-state index contributed by atoms with van der Waals surface area (Å²) in [7, 11) is 1.37. The van der Waals surface area contributed by atoms with Crippen molar-refractivity contribution in [2.75, 3.05) is 20.3 Å². The van der Waals surface area contributed by atoms with Crippen molar-refractivity contribution in [1.82, 2.24) is 0 Å². The highest BCUT2D eigenvalue weighted by Gasteiger charge is 2.54. The van der Waals surface area contributed by atoms with Gasteiger partial charge in [-0.2, -0.15) is 0 Å². The van der Waals surface area contributed by atoms with Crippen LogP contribution in [0.25, 0.3) is 0 Å². The molecule has 1 N–H and O–H groups in total. The molecule has 4 rings (SSSR count). The first-order valence-electron chi connectivity index (χ1n) is 11.0. The maximum Gasteiger partial charge on any atom is 0.338 e. The minimum absolute atomic E-state index is 0.0801. The normalized spacial score (nSPS) is 19.3. The molecule has 0 unspecified atom stereocenters. The molecule has 176 valence electrons. The zero-order valence-electron chi connectivity index (χ0n) is 18.8. The summed E-state index contributed by atoms with van der Waals surface area (Å²) in [5.41, 5.74) is 1.19. The average molecular weight is 524 g/mol. The van der Waals surface area contributed by atoms with Gasteiger partial charge in [0.1, 0.15) is 5.75 Å². The topological polar surface area (TPSA) is 77.4 Å². The average Bonchev–Trinajstić information content (AvgIpc) is 3.26. The molecular weight excluding hydrogens is 498 g/mol. The van der Waals surface area contributed by atoms with Crippen molar-refractivity contribution in [1.29, 1.82) is 0 Å². The van der Waals surface area contributed by atoms with Gasteiger partial charge in [0, 0.05) is 29.5 Å². The third kappa shape index (κ3) is 5.00. The van der Waals surface area contributed by atoms with Gasteiger partial charge in [-0.15, -0.1) is 0 Å². The van der Waals surface area contributed by atoms with Crippen molar-refractivity contribution in [3.05, 3.63) is 100 Å². The number of nitrogens with zero attached hydrogens (tertiary/aromatic N) is 1. The number of hydrogen-bond donors (Lipinski definition) is 1. The van der Waals surface area contributed by atoms with Crippen LogP contribution in [-0.2, 0) is 20.7 Å². The number of halogens is 1. The first-order chi connectivity index (χ1) is 16.6. The van der Waals surface area contributed by atoms with Gasteiger partial charge in [-0.1, -0.05) is 64.5 Å². The van der Waals surface area contributed by atoms with E-state index in [1.54, 1.807) is 0 Å². The predicted octanol–water partition coefficient (Wildman–Crippen LogP) is 4.88. The summed E-state index contributed by atoms with van der Waals surface area (Å²) in [4.78, 5) is 18.2. The maximum absolute atomic E-state index is 13.3. The number of aliphatic imine (C=N–C) groups is 1. The van der Waals surface area contributed by atoms with Crippen LogP contribution in [-0.4, -0.2) is 42.8 Å². The molecule has 1 heterocycles. The molecule has 34 heavy (non-hydrogen) atoms. The number of hydrogen-bond acceptors (Lipinski definition) is 6. The van der Waals surface area contributed by atoms with Crippen LogP contribution in [0.1, 0.15) is 29.2 Å². The fraction of sp³-hybridized carbons (Fsp3) is 0.259. The van der Waals surface area contributed by atoms with E-state index in [1.165, 1.54) is 7.11 Å². The van der Waals surface area contributed by atoms with Crippen LogP contribution in [0.15, 0.2) is 88.3 Å². The van der Waals surface area contributed by atoms with Gasteiger partial charge in [-0.25, -0.2) is 9.79 Å². The predicted molar refractivity (Wildman–Crippen MR) is 133 cm³/mol. The lowest BCUT2D eigenvalue weighted by molar-refractivity contribution is -0.149. The number of benzene rings is 3. The van der Waals surface area contributed by atoms with Gasteiger partial charge >= 0.3 is 5.97 Å². The highest BCUT2D eigenvalue weighted by molar-refractivity contribution is 9.10. The zero-order chi connectivity index (χ0) is 24.0. The molecule has 0 saturated carbocycles. The molecule has 0 bridgehead atoms. The van der Waals surface area contributed by atoms with Crippen molar-refractivity contribution in [2.45, 2.75) is 24.5 Å². The van der Waals surface area contributed by atoms with Gasteiger partial charge in [0.15, 0.2) is 6.10 Å². The minimum atomic E-state index is -1.30. The quantitative estimate of drug-likeness (QED) is 0.319. The van der Waals surface area contributed by atoms with Crippen LogP contribution < -0.4 is 4.74 Å². The Balaban J connectivity index is 1.75. The van der Waals surface area contributed by atoms with Gasteiger partial charge < -0.3 is 19.3 Å². The van der Waals surface area contributed by atoms with E-state index in [2.05, 4.69) is 15.9 Å². The molecule has 0 aromatic heterocycles. The number of rotatable bonds is 9. The molecule has 7 heteroatoms. The van der Waals surface area contributed by atoms with E-state index >= 15 is 0 Å². The number of carbonyl (C=O) groups is 1. The molecule has 0 fully saturated rings. The first kappa shape index (κ1) is 24.0. The molecule has 0 radical (unpaired) electrons. The molecular formula is C27H26BrNO5. The Morgan fingerprint density at radius 1 is 1.06 bits per heavy atom. The van der Waals surface area contributed by atoms with E-state index in [4.69, 9.17) is 24.3 Å². The summed E-state index contributed by atoms with van der Waals surface area (Å²) >= 11 is 3.60. The maximum atomic E-state index is 13.3. The number of ether oxygens (including phenoxy) is 3. The van der Waals surface area contributed by atoms with Crippen molar-refractivity contribution >= 4 is 27.8 Å². The number of aliphatic hydroxyl groups excluding tert-OH is 1. The van der Waals surface area contributed by atoms with E-state index in [-0.39, 0.29) is 6.61 Å². The zero-order valence-corrected chi connectivity index (χ0v) is 20.4. The summed E-state index contributed by atoms with van der Waals surface area (Å²) in [5.74, 6) is 0.590. The highest BCUT2D eigenvalue weighted by Crippen LogP contribution is 2.43. The van der Waals surface area contributed by atoms with Gasteiger partial charge in [-0.3, -0.25) is 0 Å². The van der Waals surface area contributed by atoms with Crippen molar-refractivity contribution in [3.8, 4) is 5.75 Å².